The number of nitrogens with zero attached hydrogens (tertiary/aromatic N) is 2. The molecule has 30 heavy (non-hydrogen) atoms. The van der Waals surface area contributed by atoms with Crippen molar-refractivity contribution in [3.63, 3.8) is 0 Å². The summed E-state index contributed by atoms with van der Waals surface area (Å²) in [4.78, 5) is 12.4. The van der Waals surface area contributed by atoms with E-state index in [2.05, 4.69) is 10.4 Å². The van der Waals surface area contributed by atoms with Crippen LogP contribution in [0.25, 0.3) is 11.8 Å². The van der Waals surface area contributed by atoms with Gasteiger partial charge in [-0.3, -0.25) is 4.79 Å². The van der Waals surface area contributed by atoms with Gasteiger partial charge in [0.05, 0.1) is 23.1 Å². The summed E-state index contributed by atoms with van der Waals surface area (Å²) >= 11 is 0. The zero-order valence-corrected chi connectivity index (χ0v) is 16.5. The monoisotopic (exact) mass is 411 g/mol. The first kappa shape index (κ1) is 19.9. The third-order valence-electron chi connectivity index (χ3n) is 5.66. The summed E-state index contributed by atoms with van der Waals surface area (Å²) in [7, 11) is 0. The first-order valence-corrected chi connectivity index (χ1v) is 9.52. The molecule has 0 bridgehead atoms. The maximum absolute atomic E-state index is 13.9. The fourth-order valence-electron chi connectivity index (χ4n) is 3.66. The predicted molar refractivity (Wildman–Crippen MR) is 108 cm³/mol. The largest absolute Gasteiger partial charge is 0.351 e. The van der Waals surface area contributed by atoms with Crippen molar-refractivity contribution in [2.24, 2.45) is 5.41 Å². The Kier molecular flexibility index (Phi) is 4.97. The van der Waals surface area contributed by atoms with Crippen molar-refractivity contribution >= 4 is 12.0 Å². The Hall–Kier alpha value is -3.35. The molecule has 1 heterocycles. The Bertz CT molecular complexity index is 1150. The molecule has 1 atom stereocenters. The molecule has 0 fully saturated rings. The number of benzene rings is 2. The van der Waals surface area contributed by atoms with E-state index >= 15 is 0 Å². The van der Waals surface area contributed by atoms with E-state index in [1.807, 2.05) is 19.9 Å². The van der Waals surface area contributed by atoms with Crippen molar-refractivity contribution in [1.82, 2.24) is 15.1 Å². The number of rotatable bonds is 4. The molecule has 1 N–H and O–H groups in total. The highest BCUT2D eigenvalue weighted by Gasteiger charge is 2.33. The molecule has 4 rings (SSSR count). The normalized spacial score (nSPS) is 18.0. The number of fused-ring (bicyclic) bond motifs is 1. The Morgan fingerprint density at radius 1 is 1.13 bits per heavy atom. The summed E-state index contributed by atoms with van der Waals surface area (Å²) in [6, 6.07) is 8.99. The van der Waals surface area contributed by atoms with E-state index in [4.69, 9.17) is 0 Å². The van der Waals surface area contributed by atoms with Crippen molar-refractivity contribution in [2.75, 3.05) is 6.54 Å². The highest BCUT2D eigenvalue weighted by molar-refractivity contribution is 5.94. The molecule has 7 heteroatoms. The Balaban J connectivity index is 1.54. The number of carbonyl (C=O) groups excluding carboxylic acids is 1. The number of halogens is 3. The number of hydrogen-bond donors (Lipinski definition) is 1. The SMILES string of the molecule is CC1=Cc2c(cnn2-c2ccc(F)cc2)CC1(C)CNC(=O)c1ccc(F)cc1F. The van der Waals surface area contributed by atoms with Gasteiger partial charge in [0.1, 0.15) is 17.5 Å². The minimum atomic E-state index is -0.892. The van der Waals surface area contributed by atoms with E-state index in [0.29, 0.717) is 12.5 Å². The van der Waals surface area contributed by atoms with Crippen LogP contribution < -0.4 is 5.32 Å². The quantitative estimate of drug-likeness (QED) is 0.677. The highest BCUT2D eigenvalue weighted by Crippen LogP contribution is 2.38. The number of nitrogens with one attached hydrogen (secondary N) is 1. The molecular weight excluding hydrogens is 391 g/mol. The van der Waals surface area contributed by atoms with E-state index < -0.39 is 23.0 Å². The highest BCUT2D eigenvalue weighted by atomic mass is 19.1. The van der Waals surface area contributed by atoms with Gasteiger partial charge in [0.2, 0.25) is 0 Å². The minimum absolute atomic E-state index is 0.192. The van der Waals surface area contributed by atoms with Crippen LogP contribution in [0.2, 0.25) is 0 Å². The lowest BCUT2D eigenvalue weighted by molar-refractivity contribution is 0.0935. The van der Waals surface area contributed by atoms with Crippen molar-refractivity contribution < 1.29 is 18.0 Å². The van der Waals surface area contributed by atoms with Crippen LogP contribution in [0.5, 0.6) is 0 Å². The molecule has 1 aromatic heterocycles. The van der Waals surface area contributed by atoms with E-state index in [1.54, 1.807) is 23.0 Å². The summed E-state index contributed by atoms with van der Waals surface area (Å²) in [6.07, 6.45) is 4.39. The third kappa shape index (κ3) is 3.63. The molecule has 2 aromatic carbocycles. The van der Waals surface area contributed by atoms with Gasteiger partial charge >= 0.3 is 0 Å². The van der Waals surface area contributed by atoms with Crippen LogP contribution in [-0.4, -0.2) is 22.2 Å². The first-order chi connectivity index (χ1) is 14.3. The van der Waals surface area contributed by atoms with Crippen LogP contribution in [0.1, 0.15) is 35.5 Å². The molecule has 0 saturated heterocycles. The third-order valence-corrected chi connectivity index (χ3v) is 5.66. The van der Waals surface area contributed by atoms with Crippen LogP contribution >= 0.6 is 0 Å². The molecule has 0 aliphatic heterocycles. The summed E-state index contributed by atoms with van der Waals surface area (Å²) in [5, 5.41) is 7.20. The molecule has 1 aliphatic rings. The molecule has 1 aliphatic carbocycles. The summed E-state index contributed by atoms with van der Waals surface area (Å²) in [5.41, 5.74) is 3.10. The van der Waals surface area contributed by atoms with E-state index in [1.165, 1.54) is 12.1 Å². The summed E-state index contributed by atoms with van der Waals surface area (Å²) < 4.78 is 41.9. The minimum Gasteiger partial charge on any atom is -0.351 e. The number of aromatic nitrogens is 2. The van der Waals surface area contributed by atoms with Gasteiger partial charge in [0, 0.05) is 18.0 Å². The number of amides is 1. The van der Waals surface area contributed by atoms with Crippen molar-refractivity contribution in [3.8, 4) is 5.69 Å². The van der Waals surface area contributed by atoms with Gasteiger partial charge in [0.25, 0.3) is 5.91 Å². The van der Waals surface area contributed by atoms with Gasteiger partial charge in [0.15, 0.2) is 0 Å². The second kappa shape index (κ2) is 7.48. The van der Waals surface area contributed by atoms with E-state index in [-0.39, 0.29) is 17.9 Å². The summed E-state index contributed by atoms with van der Waals surface area (Å²) in [6.45, 7) is 4.26. The number of hydrogen-bond acceptors (Lipinski definition) is 2. The molecule has 1 amide bonds. The van der Waals surface area contributed by atoms with Gasteiger partial charge in [-0.05, 0) is 61.4 Å². The van der Waals surface area contributed by atoms with Gasteiger partial charge in [-0.25, -0.2) is 17.9 Å². The number of carbonyl (C=O) groups is 1. The topological polar surface area (TPSA) is 46.9 Å². The van der Waals surface area contributed by atoms with Crippen molar-refractivity contribution in [2.45, 2.75) is 20.3 Å². The zero-order valence-electron chi connectivity index (χ0n) is 16.5. The lowest BCUT2D eigenvalue weighted by Gasteiger charge is -2.34. The smallest absolute Gasteiger partial charge is 0.254 e. The second-order valence-electron chi connectivity index (χ2n) is 7.81. The van der Waals surface area contributed by atoms with Gasteiger partial charge in [-0.15, -0.1) is 0 Å². The van der Waals surface area contributed by atoms with Crippen LogP contribution in [0, 0.1) is 22.9 Å². The first-order valence-electron chi connectivity index (χ1n) is 9.52. The lowest BCUT2D eigenvalue weighted by atomic mass is 9.74. The fourth-order valence-corrected chi connectivity index (χ4v) is 3.66. The Morgan fingerprint density at radius 2 is 1.83 bits per heavy atom. The predicted octanol–water partition coefficient (Wildman–Crippen LogP) is 4.69. The van der Waals surface area contributed by atoms with Crippen LogP contribution in [-0.2, 0) is 6.42 Å². The van der Waals surface area contributed by atoms with Crippen molar-refractivity contribution in [1.29, 1.82) is 0 Å². The molecule has 4 nitrogen and oxygen atoms in total. The lowest BCUT2D eigenvalue weighted by Crippen LogP contribution is -2.39. The maximum atomic E-state index is 13.9. The summed E-state index contributed by atoms with van der Waals surface area (Å²) in [5.74, 6) is -2.52. The van der Waals surface area contributed by atoms with Gasteiger partial charge < -0.3 is 5.32 Å². The zero-order chi connectivity index (χ0) is 21.5. The van der Waals surface area contributed by atoms with Crippen LogP contribution in [0.4, 0.5) is 13.2 Å². The Morgan fingerprint density at radius 3 is 2.53 bits per heavy atom. The van der Waals surface area contributed by atoms with Crippen LogP contribution in [0.15, 0.2) is 54.2 Å². The van der Waals surface area contributed by atoms with Crippen LogP contribution in [0.3, 0.4) is 0 Å². The van der Waals surface area contributed by atoms with Gasteiger partial charge in [-0.1, -0.05) is 12.5 Å². The average Bonchev–Trinajstić information content (AvgIpc) is 3.09. The molecule has 1 unspecified atom stereocenters. The van der Waals surface area contributed by atoms with E-state index in [9.17, 15) is 18.0 Å². The molecular formula is C23H20F3N3O. The molecule has 154 valence electrons. The fraction of sp³-hybridized carbons (Fsp3) is 0.217. The standard InChI is InChI=1S/C23H20F3N3O/c1-14-9-21-15(12-28-29(21)18-6-3-16(24)4-7-18)11-23(14,2)13-27-22(30)19-8-5-17(25)10-20(19)26/h3-10,12H,11,13H2,1-2H3,(H,27,30). The van der Waals surface area contributed by atoms with Crippen molar-refractivity contribution in [3.05, 3.63) is 88.5 Å². The van der Waals surface area contributed by atoms with E-state index in [0.717, 1.165) is 34.7 Å². The average molecular weight is 411 g/mol. The Labute approximate surface area is 172 Å². The second-order valence-corrected chi connectivity index (χ2v) is 7.81. The molecule has 0 spiro atoms. The van der Waals surface area contributed by atoms with Gasteiger partial charge in [-0.2, -0.15) is 5.10 Å². The molecule has 0 saturated carbocycles. The molecule has 0 radical (unpaired) electrons. The maximum Gasteiger partial charge on any atom is 0.254 e. The molecule has 3 aromatic rings.